The fourth-order valence-electron chi connectivity index (χ4n) is 1.31. The van der Waals surface area contributed by atoms with Crippen LogP contribution < -0.4 is 11.1 Å². The van der Waals surface area contributed by atoms with E-state index < -0.39 is 0 Å². The van der Waals surface area contributed by atoms with Crippen LogP contribution in [0.1, 0.15) is 18.4 Å². The molecule has 0 atom stereocenters. The fourth-order valence-corrected chi connectivity index (χ4v) is 1.31. The number of hydrogen-bond acceptors (Lipinski definition) is 3. The van der Waals surface area contributed by atoms with Crippen molar-refractivity contribution in [2.75, 3.05) is 11.9 Å². The van der Waals surface area contributed by atoms with E-state index in [1.807, 2.05) is 18.2 Å². The van der Waals surface area contributed by atoms with E-state index in [0.717, 1.165) is 18.7 Å². The van der Waals surface area contributed by atoms with Crippen molar-refractivity contribution in [3.8, 4) is 0 Å². The highest BCUT2D eigenvalue weighted by Crippen LogP contribution is 2.12. The molecule has 0 radical (unpaired) electrons. The summed E-state index contributed by atoms with van der Waals surface area (Å²) in [6.45, 7) is 2.88. The first-order valence-corrected chi connectivity index (χ1v) is 5.00. The van der Waals surface area contributed by atoms with Crippen molar-refractivity contribution in [2.45, 2.75) is 19.8 Å². The van der Waals surface area contributed by atoms with Gasteiger partial charge >= 0.3 is 0 Å². The predicted molar refractivity (Wildman–Crippen MR) is 62.3 cm³/mol. The lowest BCUT2D eigenvalue weighted by atomic mass is 10.2. The van der Waals surface area contributed by atoms with Gasteiger partial charge in [0.15, 0.2) is 0 Å². The van der Waals surface area contributed by atoms with Gasteiger partial charge in [-0.2, -0.15) is 0 Å². The third-order valence-electron chi connectivity index (χ3n) is 2.20. The minimum Gasteiger partial charge on any atom is -0.409 e. The molecular formula is C11H17N3O. The molecule has 0 aliphatic rings. The van der Waals surface area contributed by atoms with Gasteiger partial charge in [0.05, 0.1) is 0 Å². The molecule has 0 amide bonds. The van der Waals surface area contributed by atoms with Crippen LogP contribution in [0, 0.1) is 6.92 Å². The standard InChI is InChI=1S/C11H17N3O/c1-9-5-2-3-6-10(9)13-8-4-7-11(12)14-15/h2-3,5-6,13,15H,4,7-8H2,1H3,(H2,12,14). The molecule has 0 bridgehead atoms. The molecule has 0 fully saturated rings. The molecule has 1 aromatic rings. The van der Waals surface area contributed by atoms with Gasteiger partial charge in [0.25, 0.3) is 0 Å². The summed E-state index contributed by atoms with van der Waals surface area (Å²) < 4.78 is 0. The number of benzene rings is 1. The maximum absolute atomic E-state index is 8.34. The van der Waals surface area contributed by atoms with Crippen molar-refractivity contribution >= 4 is 11.5 Å². The molecular weight excluding hydrogens is 190 g/mol. The number of anilines is 1. The van der Waals surface area contributed by atoms with Crippen molar-refractivity contribution in [1.82, 2.24) is 0 Å². The molecule has 1 aromatic carbocycles. The maximum atomic E-state index is 8.34. The van der Waals surface area contributed by atoms with Crippen molar-refractivity contribution in [3.05, 3.63) is 29.8 Å². The van der Waals surface area contributed by atoms with Gasteiger partial charge in [-0.1, -0.05) is 23.4 Å². The molecule has 4 N–H and O–H groups in total. The van der Waals surface area contributed by atoms with Crippen LogP contribution in [0.15, 0.2) is 29.4 Å². The minimum absolute atomic E-state index is 0.279. The Balaban J connectivity index is 2.29. The normalized spacial score (nSPS) is 11.4. The highest BCUT2D eigenvalue weighted by Gasteiger charge is 1.96. The van der Waals surface area contributed by atoms with Crippen LogP contribution in [0.2, 0.25) is 0 Å². The zero-order valence-corrected chi connectivity index (χ0v) is 8.90. The monoisotopic (exact) mass is 207 g/mol. The summed E-state index contributed by atoms with van der Waals surface area (Å²) in [6, 6.07) is 8.11. The van der Waals surface area contributed by atoms with Gasteiger partial charge in [-0.05, 0) is 25.0 Å². The third-order valence-corrected chi connectivity index (χ3v) is 2.20. The van der Waals surface area contributed by atoms with Crippen molar-refractivity contribution in [1.29, 1.82) is 0 Å². The summed E-state index contributed by atoms with van der Waals surface area (Å²) in [6.07, 6.45) is 1.46. The van der Waals surface area contributed by atoms with E-state index >= 15 is 0 Å². The molecule has 0 aliphatic heterocycles. The number of nitrogens with one attached hydrogen (secondary N) is 1. The Kier molecular flexibility index (Phi) is 4.47. The van der Waals surface area contributed by atoms with Gasteiger partial charge in [-0.15, -0.1) is 0 Å². The number of nitrogens with two attached hydrogens (primary N) is 1. The smallest absolute Gasteiger partial charge is 0.139 e. The topological polar surface area (TPSA) is 70.6 Å². The van der Waals surface area contributed by atoms with E-state index in [0.29, 0.717) is 6.42 Å². The Bertz CT molecular complexity index is 336. The molecule has 4 nitrogen and oxygen atoms in total. The molecule has 4 heteroatoms. The zero-order valence-electron chi connectivity index (χ0n) is 8.90. The number of hydrogen-bond donors (Lipinski definition) is 3. The summed E-state index contributed by atoms with van der Waals surface area (Å²) in [5.74, 6) is 0.279. The maximum Gasteiger partial charge on any atom is 0.139 e. The molecule has 0 saturated carbocycles. The van der Waals surface area contributed by atoms with Crippen LogP contribution in [0.5, 0.6) is 0 Å². The van der Waals surface area contributed by atoms with E-state index in [9.17, 15) is 0 Å². The Hall–Kier alpha value is -1.71. The van der Waals surface area contributed by atoms with Gasteiger partial charge < -0.3 is 16.3 Å². The number of oxime groups is 1. The first kappa shape index (κ1) is 11.4. The van der Waals surface area contributed by atoms with E-state index in [1.54, 1.807) is 0 Å². The van der Waals surface area contributed by atoms with E-state index in [1.165, 1.54) is 5.56 Å². The largest absolute Gasteiger partial charge is 0.409 e. The van der Waals surface area contributed by atoms with Crippen LogP contribution in [0.25, 0.3) is 0 Å². The number of amidine groups is 1. The molecule has 0 aliphatic carbocycles. The van der Waals surface area contributed by atoms with Gasteiger partial charge in [0.2, 0.25) is 0 Å². The van der Waals surface area contributed by atoms with Gasteiger partial charge in [-0.25, -0.2) is 0 Å². The number of aryl methyl sites for hydroxylation is 1. The fraction of sp³-hybridized carbons (Fsp3) is 0.364. The Morgan fingerprint density at radius 1 is 1.47 bits per heavy atom. The summed E-state index contributed by atoms with van der Waals surface area (Å²) in [7, 11) is 0. The Labute approximate surface area is 89.8 Å². The lowest BCUT2D eigenvalue weighted by Gasteiger charge is -2.08. The molecule has 82 valence electrons. The van der Waals surface area contributed by atoms with Gasteiger partial charge in [-0.3, -0.25) is 0 Å². The van der Waals surface area contributed by atoms with E-state index in [2.05, 4.69) is 23.5 Å². The first-order chi connectivity index (χ1) is 7.24. The third kappa shape index (κ3) is 3.89. The lowest BCUT2D eigenvalue weighted by Crippen LogP contribution is -2.13. The second-order valence-corrected chi connectivity index (χ2v) is 3.44. The van der Waals surface area contributed by atoms with E-state index in [4.69, 9.17) is 10.9 Å². The van der Waals surface area contributed by atoms with Crippen LogP contribution in [0.4, 0.5) is 5.69 Å². The number of para-hydroxylation sites is 1. The van der Waals surface area contributed by atoms with Crippen molar-refractivity contribution < 1.29 is 5.21 Å². The molecule has 0 aromatic heterocycles. The van der Waals surface area contributed by atoms with E-state index in [-0.39, 0.29) is 5.84 Å². The number of nitrogens with zero attached hydrogens (tertiary/aromatic N) is 1. The summed E-state index contributed by atoms with van der Waals surface area (Å²) in [5.41, 5.74) is 7.71. The highest BCUT2D eigenvalue weighted by atomic mass is 16.4. The molecule has 0 spiro atoms. The Morgan fingerprint density at radius 3 is 2.87 bits per heavy atom. The van der Waals surface area contributed by atoms with Crippen LogP contribution in [-0.4, -0.2) is 17.6 Å². The summed E-state index contributed by atoms with van der Waals surface area (Å²) in [4.78, 5) is 0. The second-order valence-electron chi connectivity index (χ2n) is 3.44. The van der Waals surface area contributed by atoms with Crippen LogP contribution >= 0.6 is 0 Å². The number of rotatable bonds is 5. The predicted octanol–water partition coefficient (Wildman–Crippen LogP) is 1.93. The second kappa shape index (κ2) is 5.90. The molecule has 1 rings (SSSR count). The summed E-state index contributed by atoms with van der Waals surface area (Å²) in [5, 5.41) is 14.6. The van der Waals surface area contributed by atoms with Crippen LogP contribution in [0.3, 0.4) is 0 Å². The van der Waals surface area contributed by atoms with Crippen molar-refractivity contribution in [3.63, 3.8) is 0 Å². The molecule has 0 heterocycles. The molecule has 0 unspecified atom stereocenters. The molecule has 15 heavy (non-hydrogen) atoms. The average molecular weight is 207 g/mol. The van der Waals surface area contributed by atoms with Crippen LogP contribution in [-0.2, 0) is 0 Å². The lowest BCUT2D eigenvalue weighted by molar-refractivity contribution is 0.316. The zero-order chi connectivity index (χ0) is 11.1. The Morgan fingerprint density at radius 2 is 2.20 bits per heavy atom. The minimum atomic E-state index is 0.279. The highest BCUT2D eigenvalue weighted by molar-refractivity contribution is 5.79. The molecule has 0 saturated heterocycles. The quantitative estimate of drug-likeness (QED) is 0.227. The van der Waals surface area contributed by atoms with Gasteiger partial charge in [0.1, 0.15) is 5.84 Å². The van der Waals surface area contributed by atoms with Crippen molar-refractivity contribution in [2.24, 2.45) is 10.9 Å². The first-order valence-electron chi connectivity index (χ1n) is 5.00. The SMILES string of the molecule is Cc1ccccc1NCCCC(N)=NO. The summed E-state index contributed by atoms with van der Waals surface area (Å²) >= 11 is 0. The van der Waals surface area contributed by atoms with Gasteiger partial charge in [0, 0.05) is 18.7 Å². The average Bonchev–Trinajstić information content (AvgIpc) is 2.26.